The Morgan fingerprint density at radius 2 is 2.03 bits per heavy atom. The number of rotatable bonds is 4. The van der Waals surface area contributed by atoms with Crippen LogP contribution in [0.4, 0.5) is 18.0 Å². The number of nitrogens with one attached hydrogen (secondary N) is 1. The Balaban J connectivity index is 1.91. The van der Waals surface area contributed by atoms with E-state index in [-0.39, 0.29) is 24.6 Å². The predicted octanol–water partition coefficient (Wildman–Crippen LogP) is 3.48. The van der Waals surface area contributed by atoms with Gasteiger partial charge in [0.1, 0.15) is 33.4 Å². The number of fused-ring (bicyclic) bond motifs is 2. The minimum atomic E-state index is -1.22. The number of hydrogen-bond donors (Lipinski definition) is 2. The first-order valence-corrected chi connectivity index (χ1v) is 10.8. The molecule has 0 bridgehead atoms. The molecular weight excluding hydrogens is 445 g/mol. The van der Waals surface area contributed by atoms with E-state index in [0.717, 1.165) is 23.3 Å². The second-order valence-electron chi connectivity index (χ2n) is 7.51. The van der Waals surface area contributed by atoms with Gasteiger partial charge in [0.05, 0.1) is 13.7 Å². The summed E-state index contributed by atoms with van der Waals surface area (Å²) in [5, 5.41) is 1.43. The largest absolute Gasteiger partial charge is 0.493 e. The Bertz CT molecular complexity index is 1030. The molecule has 2 amide bonds. The summed E-state index contributed by atoms with van der Waals surface area (Å²) < 4.78 is 48.9. The zero-order valence-electron chi connectivity index (χ0n) is 17.5. The normalized spacial score (nSPS) is 24.4. The molecule has 0 aliphatic carbocycles. The smallest absolute Gasteiger partial charge is 0.359 e. The van der Waals surface area contributed by atoms with E-state index in [1.54, 1.807) is 0 Å². The maximum atomic E-state index is 14.7. The number of halogens is 3. The summed E-state index contributed by atoms with van der Waals surface area (Å²) in [5.74, 6) is -1.76. The third kappa shape index (κ3) is 3.68. The van der Waals surface area contributed by atoms with Gasteiger partial charge in [-0.15, -0.1) is 11.8 Å². The Morgan fingerprint density at radius 3 is 2.75 bits per heavy atom. The molecule has 2 aromatic carbocycles. The number of amides is 2. The molecule has 3 N–H and O–H groups in total. The standard InChI is InChI=1S/C21H23F3N4O3S/c1-27(30-2)20(29)28-21(32-19(26-28)15-9-13(22)3-5-17(15)24)12(7-8-25)11-31-18-6-4-14(23)10-16(18)21/h3-6,9-10,12,19,26H,7-8,11,25H2,1-2H3/t12-,19?,21+/m0/s1. The number of carbonyl (C=O) groups excluding carboxylic acids is 1. The third-order valence-electron chi connectivity index (χ3n) is 5.69. The zero-order valence-corrected chi connectivity index (χ0v) is 18.3. The molecule has 2 aliphatic heterocycles. The number of hydrazine groups is 1. The van der Waals surface area contributed by atoms with Crippen LogP contribution in [0.15, 0.2) is 36.4 Å². The molecule has 32 heavy (non-hydrogen) atoms. The summed E-state index contributed by atoms with van der Waals surface area (Å²) in [6.45, 7) is 0.478. The van der Waals surface area contributed by atoms with Gasteiger partial charge in [0.25, 0.3) is 0 Å². The summed E-state index contributed by atoms with van der Waals surface area (Å²) in [6.07, 6.45) is 0.434. The SMILES string of the molecule is CON(C)C(=O)N1NC(c2cc(F)ccc2F)S[C@]12c1cc(F)ccc1OC[C@@H]2CCN. The Labute approximate surface area is 187 Å². The van der Waals surface area contributed by atoms with Gasteiger partial charge in [0.15, 0.2) is 0 Å². The van der Waals surface area contributed by atoms with Crippen LogP contribution in [-0.4, -0.2) is 43.4 Å². The summed E-state index contributed by atoms with van der Waals surface area (Å²) in [7, 11) is 2.74. The van der Waals surface area contributed by atoms with Gasteiger partial charge in [0.2, 0.25) is 0 Å². The highest BCUT2D eigenvalue weighted by Gasteiger charge is 2.59. The first kappa shape index (κ1) is 22.7. The Morgan fingerprint density at radius 1 is 1.31 bits per heavy atom. The maximum absolute atomic E-state index is 14.7. The van der Waals surface area contributed by atoms with Crippen LogP contribution in [0.1, 0.15) is 22.9 Å². The molecule has 1 saturated heterocycles. The van der Waals surface area contributed by atoms with Gasteiger partial charge in [-0.1, -0.05) is 0 Å². The van der Waals surface area contributed by atoms with E-state index in [1.807, 2.05) is 0 Å². The summed E-state index contributed by atoms with van der Waals surface area (Å²) in [4.78, 5) is 17.2. The zero-order chi connectivity index (χ0) is 23.0. The van der Waals surface area contributed by atoms with Crippen molar-refractivity contribution in [2.24, 2.45) is 11.7 Å². The highest BCUT2D eigenvalue weighted by Crippen LogP contribution is 2.60. The number of thioether (sulfide) groups is 1. The first-order chi connectivity index (χ1) is 15.3. The van der Waals surface area contributed by atoms with Gasteiger partial charge in [-0.25, -0.2) is 33.5 Å². The lowest BCUT2D eigenvalue weighted by molar-refractivity contribution is -0.0904. The number of urea groups is 1. The van der Waals surface area contributed by atoms with Crippen molar-refractivity contribution in [1.82, 2.24) is 15.5 Å². The molecule has 1 unspecified atom stereocenters. The van der Waals surface area contributed by atoms with Crippen LogP contribution in [0.25, 0.3) is 0 Å². The van der Waals surface area contributed by atoms with Crippen molar-refractivity contribution >= 4 is 17.8 Å². The van der Waals surface area contributed by atoms with Crippen molar-refractivity contribution in [1.29, 1.82) is 0 Å². The molecule has 2 aromatic rings. The molecule has 2 heterocycles. The molecule has 0 saturated carbocycles. The van der Waals surface area contributed by atoms with Crippen LogP contribution >= 0.6 is 11.8 Å². The average Bonchev–Trinajstić information content (AvgIpc) is 3.17. The summed E-state index contributed by atoms with van der Waals surface area (Å²) >= 11 is 1.18. The first-order valence-electron chi connectivity index (χ1n) is 9.95. The molecule has 0 aromatic heterocycles. The lowest BCUT2D eigenvalue weighted by Gasteiger charge is -2.46. The second kappa shape index (κ2) is 8.81. The second-order valence-corrected chi connectivity index (χ2v) is 8.84. The van der Waals surface area contributed by atoms with Crippen LogP contribution in [0.3, 0.4) is 0 Å². The van der Waals surface area contributed by atoms with E-state index in [0.29, 0.717) is 17.7 Å². The fraction of sp³-hybridized carbons (Fsp3) is 0.381. The summed E-state index contributed by atoms with van der Waals surface area (Å²) in [5.41, 5.74) is 9.28. The molecule has 11 heteroatoms. The number of benzene rings is 2. The molecule has 1 spiro atoms. The number of hydrogen-bond acceptors (Lipinski definition) is 6. The van der Waals surface area contributed by atoms with Crippen molar-refractivity contribution in [2.75, 3.05) is 27.3 Å². The maximum Gasteiger partial charge on any atom is 0.359 e. The van der Waals surface area contributed by atoms with E-state index in [4.69, 9.17) is 15.3 Å². The molecule has 4 rings (SSSR count). The van der Waals surface area contributed by atoms with E-state index in [2.05, 4.69) is 5.43 Å². The molecular formula is C21H23F3N4O3S. The summed E-state index contributed by atoms with van der Waals surface area (Å²) in [6, 6.07) is 6.57. The van der Waals surface area contributed by atoms with Crippen molar-refractivity contribution in [3.63, 3.8) is 0 Å². The Hall–Kier alpha value is -2.47. The fourth-order valence-corrected chi connectivity index (χ4v) is 5.84. The number of nitrogens with two attached hydrogens (primary N) is 1. The molecule has 3 atom stereocenters. The van der Waals surface area contributed by atoms with Crippen LogP contribution in [0.2, 0.25) is 0 Å². The fourth-order valence-electron chi connectivity index (χ4n) is 4.11. The van der Waals surface area contributed by atoms with Crippen LogP contribution < -0.4 is 15.9 Å². The van der Waals surface area contributed by atoms with Crippen molar-refractivity contribution in [3.05, 3.63) is 65.0 Å². The van der Waals surface area contributed by atoms with Crippen LogP contribution in [0.5, 0.6) is 5.75 Å². The van der Waals surface area contributed by atoms with Gasteiger partial charge in [-0.05, 0) is 49.4 Å². The van der Waals surface area contributed by atoms with Gasteiger partial charge >= 0.3 is 6.03 Å². The molecule has 2 aliphatic rings. The highest BCUT2D eigenvalue weighted by molar-refractivity contribution is 8.00. The van der Waals surface area contributed by atoms with E-state index in [9.17, 15) is 18.0 Å². The highest BCUT2D eigenvalue weighted by atomic mass is 32.2. The molecule has 1 fully saturated rings. The number of hydroxylamine groups is 2. The Kier molecular flexibility index (Phi) is 6.26. The van der Waals surface area contributed by atoms with E-state index < -0.39 is 33.7 Å². The van der Waals surface area contributed by atoms with Gasteiger partial charge in [-0.2, -0.15) is 0 Å². The number of carbonyl (C=O) groups is 1. The number of ether oxygens (including phenoxy) is 1. The molecule has 7 nitrogen and oxygen atoms in total. The monoisotopic (exact) mass is 468 g/mol. The lowest BCUT2D eigenvalue weighted by Crippen LogP contribution is -2.58. The van der Waals surface area contributed by atoms with E-state index >= 15 is 0 Å². The predicted molar refractivity (Wildman–Crippen MR) is 113 cm³/mol. The van der Waals surface area contributed by atoms with Crippen LogP contribution in [-0.2, 0) is 9.71 Å². The van der Waals surface area contributed by atoms with Crippen molar-refractivity contribution in [2.45, 2.75) is 16.7 Å². The third-order valence-corrected chi connectivity index (χ3v) is 7.38. The molecule has 172 valence electrons. The quantitative estimate of drug-likeness (QED) is 0.669. The average molecular weight is 469 g/mol. The van der Waals surface area contributed by atoms with E-state index in [1.165, 1.54) is 49.1 Å². The number of nitrogens with zero attached hydrogens (tertiary/aromatic N) is 2. The lowest BCUT2D eigenvalue weighted by atomic mass is 9.86. The van der Waals surface area contributed by atoms with Crippen LogP contribution in [0, 0.1) is 23.4 Å². The minimum Gasteiger partial charge on any atom is -0.493 e. The minimum absolute atomic E-state index is 0.0284. The molecule has 0 radical (unpaired) electrons. The topological polar surface area (TPSA) is 80.1 Å². The van der Waals surface area contributed by atoms with Crippen molar-refractivity contribution in [3.8, 4) is 5.75 Å². The van der Waals surface area contributed by atoms with Gasteiger partial charge in [-0.3, -0.25) is 4.84 Å². The van der Waals surface area contributed by atoms with Crippen molar-refractivity contribution < 1.29 is 27.5 Å². The van der Waals surface area contributed by atoms with Gasteiger partial charge in [0, 0.05) is 24.1 Å². The van der Waals surface area contributed by atoms with Gasteiger partial charge < -0.3 is 10.5 Å².